The van der Waals surface area contributed by atoms with Gasteiger partial charge in [0.05, 0.1) is 33.8 Å². The normalized spacial score (nSPS) is 12.6. The summed E-state index contributed by atoms with van der Waals surface area (Å²) in [6, 6.07) is 19.0. The quantitative estimate of drug-likeness (QED) is 0.0540. The molecular formula is C29H25N9O7S2. The minimum atomic E-state index is -5.03. The number of nitrogens with two attached hydrogens (primary N) is 3. The zero-order valence-electron chi connectivity index (χ0n) is 24.2. The van der Waals surface area contributed by atoms with Gasteiger partial charge in [-0.25, -0.2) is 0 Å². The number of aromatic hydroxyl groups is 1. The molecule has 0 atom stereocenters. The zero-order valence-corrected chi connectivity index (χ0v) is 25.8. The van der Waals surface area contributed by atoms with Crippen LogP contribution in [0, 0.1) is 6.92 Å². The topological polar surface area (TPSA) is 281 Å². The van der Waals surface area contributed by atoms with Crippen molar-refractivity contribution in [1.82, 2.24) is 0 Å². The van der Waals surface area contributed by atoms with Gasteiger partial charge < -0.3 is 22.3 Å². The van der Waals surface area contributed by atoms with Crippen LogP contribution in [0.5, 0.6) is 5.75 Å². The van der Waals surface area contributed by atoms with Gasteiger partial charge in [-0.15, -0.1) is 15.3 Å². The molecule has 0 bridgehead atoms. The Kier molecular flexibility index (Phi) is 8.68. The lowest BCUT2D eigenvalue weighted by molar-refractivity contribution is 0.472. The van der Waals surface area contributed by atoms with Crippen molar-refractivity contribution < 1.29 is 31.0 Å². The number of phenolic OH excluding ortho intramolecular Hbond substituents is 1. The van der Waals surface area contributed by atoms with E-state index in [1.54, 1.807) is 61.5 Å². The number of nitrogens with zero attached hydrogens (tertiary/aromatic N) is 6. The predicted molar refractivity (Wildman–Crippen MR) is 175 cm³/mol. The third-order valence-corrected chi connectivity index (χ3v) is 8.43. The minimum Gasteiger partial charge on any atom is -0.505 e. The van der Waals surface area contributed by atoms with Gasteiger partial charge in [0.15, 0.2) is 5.75 Å². The van der Waals surface area contributed by atoms with Crippen molar-refractivity contribution in [3.05, 3.63) is 84.4 Å². The Hall–Kier alpha value is -5.82. The van der Waals surface area contributed by atoms with E-state index >= 15 is 0 Å². The molecule has 0 spiro atoms. The third-order valence-electron chi connectivity index (χ3n) is 6.70. The third kappa shape index (κ3) is 7.05. The van der Waals surface area contributed by atoms with E-state index in [2.05, 4.69) is 30.7 Å². The average molecular weight is 676 g/mol. The van der Waals surface area contributed by atoms with Gasteiger partial charge in [-0.1, -0.05) is 18.2 Å². The van der Waals surface area contributed by atoms with Crippen molar-refractivity contribution in [3.8, 4) is 5.75 Å². The average Bonchev–Trinajstić information content (AvgIpc) is 3.01. The fourth-order valence-corrected chi connectivity index (χ4v) is 5.65. The second-order valence-corrected chi connectivity index (χ2v) is 12.8. The molecular weight excluding hydrogens is 651 g/mol. The summed E-state index contributed by atoms with van der Waals surface area (Å²) in [6.07, 6.45) is 0. The summed E-state index contributed by atoms with van der Waals surface area (Å²) in [6.45, 7) is 1.80. The maximum atomic E-state index is 12.3. The molecule has 5 aromatic rings. The van der Waals surface area contributed by atoms with E-state index in [1.165, 1.54) is 12.1 Å². The van der Waals surface area contributed by atoms with E-state index in [0.717, 1.165) is 17.7 Å². The van der Waals surface area contributed by atoms with Crippen LogP contribution < -0.4 is 17.2 Å². The van der Waals surface area contributed by atoms with Gasteiger partial charge in [0.2, 0.25) is 0 Å². The number of phenols is 1. The second kappa shape index (κ2) is 12.5. The first kappa shape index (κ1) is 32.6. The molecule has 0 aliphatic carbocycles. The highest BCUT2D eigenvalue weighted by Gasteiger charge is 2.28. The minimum absolute atomic E-state index is 0.205. The SMILES string of the molecule is Cc1cc(N=Nc2ccc(N=Nc3c(S(=O)(=O)O)cc4cc(S(=O)(=O)O)c(N=Nc5ccccc5)c(O)c4c3N)cc2)c(N)cc1N. The van der Waals surface area contributed by atoms with Gasteiger partial charge in [-0.3, -0.25) is 9.11 Å². The van der Waals surface area contributed by atoms with Gasteiger partial charge in [0.25, 0.3) is 20.2 Å². The van der Waals surface area contributed by atoms with Gasteiger partial charge in [-0.2, -0.15) is 32.2 Å². The van der Waals surface area contributed by atoms with Crippen molar-refractivity contribution in [2.45, 2.75) is 16.7 Å². The summed E-state index contributed by atoms with van der Waals surface area (Å²) in [5.41, 5.74) is 19.3. The first-order chi connectivity index (χ1) is 22.1. The zero-order chi connectivity index (χ0) is 34.1. The standard InChI is InChI=1S/C29H25N9O7S2/c1-15-11-22(21(31)14-20(15)30)36-33-18-7-9-19(10-8-18)35-37-27-23(46(40,41)42)12-16-13-24(47(43,44)45)28(29(39)25(16)26(27)32)38-34-17-5-3-2-4-6-17/h2-14,39H,30-32H2,1H3,(H,40,41,42)(H,43,44,45). The first-order valence-corrected chi connectivity index (χ1v) is 16.1. The predicted octanol–water partition coefficient (Wildman–Crippen LogP) is 7.34. The van der Waals surface area contributed by atoms with E-state index in [9.17, 15) is 31.0 Å². The second-order valence-electron chi connectivity index (χ2n) is 9.98. The van der Waals surface area contributed by atoms with Crippen LogP contribution in [0.3, 0.4) is 0 Å². The van der Waals surface area contributed by atoms with Crippen molar-refractivity contribution in [1.29, 1.82) is 0 Å². The molecule has 0 aliphatic heterocycles. The van der Waals surface area contributed by atoms with Gasteiger partial charge in [-0.05, 0) is 78.5 Å². The number of hydrogen-bond acceptors (Lipinski definition) is 14. The summed E-state index contributed by atoms with van der Waals surface area (Å²) in [5.74, 6) is -0.864. The number of aryl methyl sites for hydroxylation is 1. The molecule has 0 saturated carbocycles. The van der Waals surface area contributed by atoms with E-state index in [4.69, 9.17) is 17.2 Å². The molecule has 240 valence electrons. The number of anilines is 3. The largest absolute Gasteiger partial charge is 0.505 e. The van der Waals surface area contributed by atoms with E-state index in [0.29, 0.717) is 22.7 Å². The fourth-order valence-electron chi connectivity index (χ4n) is 4.33. The number of fused-ring (bicyclic) bond motifs is 1. The highest BCUT2D eigenvalue weighted by Crippen LogP contribution is 2.48. The number of nitrogen functional groups attached to an aromatic ring is 3. The Morgan fingerprint density at radius 2 is 1.09 bits per heavy atom. The summed E-state index contributed by atoms with van der Waals surface area (Å²) in [4.78, 5) is -1.75. The number of benzene rings is 5. The lowest BCUT2D eigenvalue weighted by Crippen LogP contribution is -2.03. The van der Waals surface area contributed by atoms with Crippen molar-refractivity contribution in [2.24, 2.45) is 30.7 Å². The van der Waals surface area contributed by atoms with E-state index < -0.39 is 52.8 Å². The van der Waals surface area contributed by atoms with Crippen LogP contribution in [0.15, 0.2) is 119 Å². The molecule has 18 heteroatoms. The summed E-state index contributed by atoms with van der Waals surface area (Å²) < 4.78 is 69.0. The van der Waals surface area contributed by atoms with Crippen LogP contribution >= 0.6 is 0 Å². The molecule has 0 amide bonds. The molecule has 5 rings (SSSR count). The summed E-state index contributed by atoms with van der Waals surface area (Å²) in [7, 11) is -10.1. The molecule has 9 N–H and O–H groups in total. The Bertz CT molecular complexity index is 2350. The highest BCUT2D eigenvalue weighted by molar-refractivity contribution is 7.86. The van der Waals surface area contributed by atoms with Gasteiger partial charge in [0.1, 0.15) is 26.9 Å². The van der Waals surface area contributed by atoms with Crippen molar-refractivity contribution in [3.63, 3.8) is 0 Å². The Morgan fingerprint density at radius 3 is 1.64 bits per heavy atom. The Balaban J connectivity index is 1.58. The molecule has 5 aromatic carbocycles. The molecule has 0 heterocycles. The maximum absolute atomic E-state index is 12.3. The van der Waals surface area contributed by atoms with Crippen LogP contribution in [0.1, 0.15) is 5.56 Å². The van der Waals surface area contributed by atoms with Crippen molar-refractivity contribution in [2.75, 3.05) is 17.2 Å². The van der Waals surface area contributed by atoms with Crippen LogP contribution in [0.2, 0.25) is 0 Å². The molecule has 0 radical (unpaired) electrons. The van der Waals surface area contributed by atoms with E-state index in [-0.39, 0.29) is 22.1 Å². The van der Waals surface area contributed by atoms with Crippen LogP contribution in [-0.4, -0.2) is 31.0 Å². The Morgan fingerprint density at radius 1 is 0.596 bits per heavy atom. The lowest BCUT2D eigenvalue weighted by Gasteiger charge is -2.14. The molecule has 0 fully saturated rings. The molecule has 0 saturated heterocycles. The lowest BCUT2D eigenvalue weighted by atomic mass is 10.1. The van der Waals surface area contributed by atoms with Crippen LogP contribution in [0.25, 0.3) is 10.8 Å². The van der Waals surface area contributed by atoms with Crippen molar-refractivity contribution >= 4 is 82.2 Å². The van der Waals surface area contributed by atoms with Crippen LogP contribution in [0.4, 0.5) is 51.2 Å². The first-order valence-electron chi connectivity index (χ1n) is 13.3. The Labute approximate surface area is 267 Å². The number of azo groups is 3. The summed E-state index contributed by atoms with van der Waals surface area (Å²) in [5, 5.41) is 34.5. The number of hydrogen-bond donors (Lipinski definition) is 6. The molecule has 0 aliphatic rings. The smallest absolute Gasteiger partial charge is 0.296 e. The molecule has 0 aromatic heterocycles. The monoisotopic (exact) mass is 675 g/mol. The molecule has 0 unspecified atom stereocenters. The summed E-state index contributed by atoms with van der Waals surface area (Å²) >= 11 is 0. The molecule has 47 heavy (non-hydrogen) atoms. The highest BCUT2D eigenvalue weighted by atomic mass is 32.2. The van der Waals surface area contributed by atoms with E-state index in [1.807, 2.05) is 0 Å². The maximum Gasteiger partial charge on any atom is 0.296 e. The van der Waals surface area contributed by atoms with Gasteiger partial charge in [0, 0.05) is 5.69 Å². The van der Waals surface area contributed by atoms with Gasteiger partial charge >= 0.3 is 0 Å². The number of rotatable bonds is 8. The van der Waals surface area contributed by atoms with Crippen LogP contribution in [-0.2, 0) is 20.2 Å². The molecule has 16 nitrogen and oxygen atoms in total. The fraction of sp³-hybridized carbons (Fsp3) is 0.0345.